The number of aliphatic carboxylic acids is 1. The Morgan fingerprint density at radius 2 is 2.11 bits per heavy atom. The fraction of sp³-hybridized carbons (Fsp3) is 0.562. The van der Waals surface area contributed by atoms with Crippen LogP contribution >= 0.6 is 0 Å². The minimum Gasteiger partial charge on any atom is -0.481 e. The van der Waals surface area contributed by atoms with Gasteiger partial charge in [-0.1, -0.05) is 24.6 Å². The van der Waals surface area contributed by atoms with E-state index in [1.54, 1.807) is 6.92 Å². The molecule has 19 heavy (non-hydrogen) atoms. The molecule has 1 aromatic carbocycles. The summed E-state index contributed by atoms with van der Waals surface area (Å²) in [5.74, 6) is -0.647. The topological polar surface area (TPSA) is 40.5 Å². The number of benzene rings is 1. The van der Waals surface area contributed by atoms with Crippen molar-refractivity contribution < 1.29 is 9.90 Å². The molecule has 0 spiro atoms. The quantitative estimate of drug-likeness (QED) is 0.903. The van der Waals surface area contributed by atoms with Gasteiger partial charge in [0.05, 0.1) is 5.92 Å². The van der Waals surface area contributed by atoms with Crippen LogP contribution in [-0.2, 0) is 4.79 Å². The Hall–Kier alpha value is -1.51. The highest BCUT2D eigenvalue weighted by molar-refractivity contribution is 5.70. The molecule has 3 nitrogen and oxygen atoms in total. The maximum Gasteiger partial charge on any atom is 0.306 e. The van der Waals surface area contributed by atoms with Gasteiger partial charge in [-0.15, -0.1) is 0 Å². The summed E-state index contributed by atoms with van der Waals surface area (Å²) in [7, 11) is 0. The van der Waals surface area contributed by atoms with E-state index in [-0.39, 0.29) is 5.92 Å². The van der Waals surface area contributed by atoms with E-state index in [0.29, 0.717) is 12.0 Å². The Morgan fingerprint density at radius 3 is 2.68 bits per heavy atom. The highest BCUT2D eigenvalue weighted by Crippen LogP contribution is 2.41. The minimum absolute atomic E-state index is 0.287. The lowest BCUT2D eigenvalue weighted by Crippen LogP contribution is -2.30. The number of hydrogen-bond acceptors (Lipinski definition) is 2. The molecule has 0 saturated heterocycles. The predicted molar refractivity (Wildman–Crippen MR) is 77.8 cm³/mol. The third kappa shape index (κ3) is 2.75. The van der Waals surface area contributed by atoms with E-state index < -0.39 is 5.97 Å². The fourth-order valence-electron chi connectivity index (χ4n) is 2.91. The molecule has 0 saturated carbocycles. The summed E-state index contributed by atoms with van der Waals surface area (Å²) in [6, 6.07) is 6.98. The van der Waals surface area contributed by atoms with E-state index in [4.69, 9.17) is 5.11 Å². The second kappa shape index (κ2) is 5.24. The summed E-state index contributed by atoms with van der Waals surface area (Å²) in [5, 5.41) is 9.11. The highest BCUT2D eigenvalue weighted by Gasteiger charge is 2.32. The van der Waals surface area contributed by atoms with Crippen LogP contribution in [0, 0.1) is 12.8 Å². The lowest BCUT2D eigenvalue weighted by Gasteiger charge is -2.24. The summed E-state index contributed by atoms with van der Waals surface area (Å²) in [4.78, 5) is 13.5. The van der Waals surface area contributed by atoms with Crippen LogP contribution in [-0.4, -0.2) is 23.7 Å². The predicted octanol–water partition coefficient (Wildman–Crippen LogP) is 3.42. The molecule has 1 N–H and O–H groups in total. The molecule has 1 aromatic rings. The average Bonchev–Trinajstić information content (AvgIpc) is 2.67. The number of carboxylic acid groups (broad SMARTS) is 1. The Kier molecular flexibility index (Phi) is 3.83. The zero-order valence-corrected chi connectivity index (χ0v) is 12.2. The molecule has 2 rings (SSSR count). The number of fused-ring (bicyclic) bond motifs is 1. The Bertz CT molecular complexity index is 482. The van der Waals surface area contributed by atoms with Crippen LogP contribution in [0.3, 0.4) is 0 Å². The molecule has 1 heterocycles. The molecule has 1 aliphatic heterocycles. The molecule has 0 bridgehead atoms. The first kappa shape index (κ1) is 13.9. The molecule has 0 radical (unpaired) electrons. The first-order valence-electron chi connectivity index (χ1n) is 7.00. The first-order valence-corrected chi connectivity index (χ1v) is 7.00. The fourth-order valence-corrected chi connectivity index (χ4v) is 2.91. The summed E-state index contributed by atoms with van der Waals surface area (Å²) < 4.78 is 0. The van der Waals surface area contributed by atoms with Crippen LogP contribution in [0.25, 0.3) is 0 Å². The molecule has 0 fully saturated rings. The number of anilines is 1. The molecule has 2 unspecified atom stereocenters. The van der Waals surface area contributed by atoms with Gasteiger partial charge in [-0.2, -0.15) is 0 Å². The summed E-state index contributed by atoms with van der Waals surface area (Å²) in [6.07, 6.45) is 0.717. The molecule has 0 amide bonds. The molecule has 0 aliphatic carbocycles. The molecule has 2 atom stereocenters. The minimum atomic E-state index is -0.697. The van der Waals surface area contributed by atoms with Gasteiger partial charge in [-0.05, 0) is 38.8 Å². The molecule has 104 valence electrons. The molecule has 0 aromatic heterocycles. The van der Waals surface area contributed by atoms with Gasteiger partial charge in [-0.3, -0.25) is 4.79 Å². The van der Waals surface area contributed by atoms with E-state index in [1.807, 2.05) is 0 Å². The lowest BCUT2D eigenvalue weighted by molar-refractivity contribution is -0.141. The Morgan fingerprint density at radius 1 is 1.42 bits per heavy atom. The average molecular weight is 261 g/mol. The normalized spacial score (nSPS) is 19.6. The van der Waals surface area contributed by atoms with Crippen molar-refractivity contribution in [3.8, 4) is 0 Å². The van der Waals surface area contributed by atoms with Crippen LogP contribution < -0.4 is 4.90 Å². The number of aryl methyl sites for hydroxylation is 1. The van der Waals surface area contributed by atoms with E-state index >= 15 is 0 Å². The van der Waals surface area contributed by atoms with Crippen molar-refractivity contribution in [2.75, 3.05) is 11.4 Å². The van der Waals surface area contributed by atoms with Crippen LogP contribution in [0.5, 0.6) is 0 Å². The van der Waals surface area contributed by atoms with Crippen molar-refractivity contribution in [3.05, 3.63) is 29.3 Å². The first-order chi connectivity index (χ1) is 8.90. The zero-order valence-electron chi connectivity index (χ0n) is 12.2. The van der Waals surface area contributed by atoms with Crippen molar-refractivity contribution in [3.63, 3.8) is 0 Å². The standard InChI is InChI=1S/C16H23NO2/c1-10(2)17-9-13(8-12(4)16(18)19)14-7-11(3)5-6-15(14)17/h5-7,10,12-13H,8-9H2,1-4H3,(H,18,19). The van der Waals surface area contributed by atoms with Crippen molar-refractivity contribution >= 4 is 11.7 Å². The molecule has 3 heteroatoms. The maximum atomic E-state index is 11.1. The Labute approximate surface area is 115 Å². The third-order valence-electron chi connectivity index (χ3n) is 4.03. The van der Waals surface area contributed by atoms with Crippen LogP contribution in [0.15, 0.2) is 18.2 Å². The van der Waals surface area contributed by atoms with Crippen LogP contribution in [0.4, 0.5) is 5.69 Å². The van der Waals surface area contributed by atoms with Gasteiger partial charge >= 0.3 is 5.97 Å². The van der Waals surface area contributed by atoms with Gasteiger partial charge < -0.3 is 10.0 Å². The summed E-state index contributed by atoms with van der Waals surface area (Å²) in [5.41, 5.74) is 3.85. The SMILES string of the molecule is Cc1ccc2c(c1)C(CC(C)C(=O)O)CN2C(C)C. The lowest BCUT2D eigenvalue weighted by atomic mass is 9.90. The van der Waals surface area contributed by atoms with Crippen molar-refractivity contribution in [2.24, 2.45) is 5.92 Å². The van der Waals surface area contributed by atoms with E-state index in [9.17, 15) is 4.79 Å². The third-order valence-corrected chi connectivity index (χ3v) is 4.03. The van der Waals surface area contributed by atoms with E-state index in [0.717, 1.165) is 13.0 Å². The zero-order chi connectivity index (χ0) is 14.2. The molecular formula is C16H23NO2. The van der Waals surface area contributed by atoms with Gasteiger partial charge in [0, 0.05) is 24.2 Å². The summed E-state index contributed by atoms with van der Waals surface area (Å²) >= 11 is 0. The number of carbonyl (C=O) groups is 1. The number of carboxylic acids is 1. The van der Waals surface area contributed by atoms with Gasteiger partial charge in [0.15, 0.2) is 0 Å². The highest BCUT2D eigenvalue weighted by atomic mass is 16.4. The molecule has 1 aliphatic rings. The summed E-state index contributed by atoms with van der Waals surface area (Å²) in [6.45, 7) is 9.21. The largest absolute Gasteiger partial charge is 0.481 e. The van der Waals surface area contributed by atoms with Gasteiger partial charge in [0.2, 0.25) is 0 Å². The van der Waals surface area contributed by atoms with E-state index in [2.05, 4.69) is 43.9 Å². The number of nitrogens with zero attached hydrogens (tertiary/aromatic N) is 1. The van der Waals surface area contributed by atoms with Crippen molar-refractivity contribution in [1.82, 2.24) is 0 Å². The second-order valence-corrected chi connectivity index (χ2v) is 5.98. The van der Waals surface area contributed by atoms with E-state index in [1.165, 1.54) is 16.8 Å². The maximum absolute atomic E-state index is 11.1. The number of hydrogen-bond donors (Lipinski definition) is 1. The van der Waals surface area contributed by atoms with Gasteiger partial charge in [0.1, 0.15) is 0 Å². The second-order valence-electron chi connectivity index (χ2n) is 5.98. The smallest absolute Gasteiger partial charge is 0.306 e. The number of rotatable bonds is 4. The monoisotopic (exact) mass is 261 g/mol. The Balaban J connectivity index is 2.29. The van der Waals surface area contributed by atoms with Crippen LogP contribution in [0.2, 0.25) is 0 Å². The molecular weight excluding hydrogens is 238 g/mol. The van der Waals surface area contributed by atoms with Gasteiger partial charge in [0.25, 0.3) is 0 Å². The van der Waals surface area contributed by atoms with Crippen LogP contribution in [0.1, 0.15) is 44.2 Å². The van der Waals surface area contributed by atoms with Gasteiger partial charge in [-0.25, -0.2) is 0 Å². The van der Waals surface area contributed by atoms with Crippen molar-refractivity contribution in [2.45, 2.75) is 46.1 Å². The van der Waals surface area contributed by atoms with Crippen molar-refractivity contribution in [1.29, 1.82) is 0 Å².